The molecule has 1 nitrogen and oxygen atoms in total. The van der Waals surface area contributed by atoms with E-state index in [1.165, 1.54) is 5.56 Å². The van der Waals surface area contributed by atoms with E-state index in [9.17, 15) is 0 Å². The van der Waals surface area contributed by atoms with Crippen molar-refractivity contribution in [1.29, 1.82) is 0 Å². The van der Waals surface area contributed by atoms with Gasteiger partial charge in [-0.3, -0.25) is 4.99 Å². The number of benzene rings is 1. The lowest BCUT2D eigenvalue weighted by Crippen LogP contribution is -1.79. The van der Waals surface area contributed by atoms with E-state index in [-0.39, 0.29) is 0 Å². The molecule has 0 amide bonds. The van der Waals surface area contributed by atoms with Gasteiger partial charge in [0.05, 0.1) is 5.69 Å². The van der Waals surface area contributed by atoms with Gasteiger partial charge in [0.2, 0.25) is 0 Å². The van der Waals surface area contributed by atoms with E-state index in [0.717, 1.165) is 12.1 Å². The fourth-order valence-corrected chi connectivity index (χ4v) is 1.07. The summed E-state index contributed by atoms with van der Waals surface area (Å²) in [6, 6.07) is 8.13. The van der Waals surface area contributed by atoms with Gasteiger partial charge in [-0.2, -0.15) is 0 Å². The van der Waals surface area contributed by atoms with Gasteiger partial charge < -0.3 is 0 Å². The van der Waals surface area contributed by atoms with Gasteiger partial charge in [-0.15, -0.1) is 0 Å². The summed E-state index contributed by atoms with van der Waals surface area (Å²) in [6.45, 7) is 5.71. The molecule has 0 bridgehead atoms. The third-order valence-corrected chi connectivity index (χ3v) is 1.69. The molecule has 1 heteroatoms. The van der Waals surface area contributed by atoms with E-state index in [0.29, 0.717) is 0 Å². The van der Waals surface area contributed by atoms with Crippen LogP contribution < -0.4 is 0 Å². The third kappa shape index (κ3) is 2.06. The summed E-state index contributed by atoms with van der Waals surface area (Å²) >= 11 is 0. The van der Waals surface area contributed by atoms with Gasteiger partial charge in [0.1, 0.15) is 0 Å². The summed E-state index contributed by atoms with van der Waals surface area (Å²) < 4.78 is 0. The van der Waals surface area contributed by atoms with Crippen molar-refractivity contribution in [2.24, 2.45) is 4.99 Å². The number of allylic oxidation sites excluding steroid dienone is 1. The van der Waals surface area contributed by atoms with Gasteiger partial charge in [0, 0.05) is 6.21 Å². The number of para-hydroxylation sites is 1. The maximum absolute atomic E-state index is 4.25. The SMILES string of the molecule is C=C/C=N\c1ccccc1CC. The first-order chi connectivity index (χ1) is 5.88. The molecule has 12 heavy (non-hydrogen) atoms. The normalized spacial score (nSPS) is 10.4. The quantitative estimate of drug-likeness (QED) is 0.601. The molecule has 0 unspecified atom stereocenters. The van der Waals surface area contributed by atoms with Gasteiger partial charge >= 0.3 is 0 Å². The Bertz CT molecular complexity index is 287. The molecule has 0 heterocycles. The zero-order valence-electron chi connectivity index (χ0n) is 7.33. The number of hydrogen-bond acceptors (Lipinski definition) is 1. The average Bonchev–Trinajstić information content (AvgIpc) is 2.15. The summed E-state index contributed by atoms with van der Waals surface area (Å²) in [4.78, 5) is 4.25. The Labute approximate surface area is 73.5 Å². The zero-order valence-corrected chi connectivity index (χ0v) is 7.33. The molecule has 0 aromatic heterocycles. The molecular formula is C11H13N. The second kappa shape index (κ2) is 4.50. The molecule has 1 aromatic carbocycles. The number of nitrogens with zero attached hydrogens (tertiary/aromatic N) is 1. The van der Waals surface area contributed by atoms with Crippen molar-refractivity contribution in [3.63, 3.8) is 0 Å². The Morgan fingerprint density at radius 2 is 2.17 bits per heavy atom. The van der Waals surface area contributed by atoms with E-state index in [1.807, 2.05) is 18.2 Å². The summed E-state index contributed by atoms with van der Waals surface area (Å²) in [5, 5.41) is 0. The summed E-state index contributed by atoms with van der Waals surface area (Å²) in [5.41, 5.74) is 2.32. The zero-order chi connectivity index (χ0) is 8.81. The van der Waals surface area contributed by atoms with Gasteiger partial charge in [-0.1, -0.05) is 37.8 Å². The van der Waals surface area contributed by atoms with Crippen molar-refractivity contribution in [1.82, 2.24) is 0 Å². The van der Waals surface area contributed by atoms with E-state index in [2.05, 4.69) is 24.6 Å². The van der Waals surface area contributed by atoms with Gasteiger partial charge in [-0.25, -0.2) is 0 Å². The van der Waals surface area contributed by atoms with Gasteiger partial charge in [-0.05, 0) is 18.1 Å². The van der Waals surface area contributed by atoms with E-state index in [4.69, 9.17) is 0 Å². The molecule has 0 fully saturated rings. The first kappa shape index (κ1) is 8.72. The number of aryl methyl sites for hydroxylation is 1. The van der Waals surface area contributed by atoms with Crippen molar-refractivity contribution in [3.8, 4) is 0 Å². The highest BCUT2D eigenvalue weighted by Crippen LogP contribution is 2.18. The van der Waals surface area contributed by atoms with Crippen LogP contribution >= 0.6 is 0 Å². The Morgan fingerprint density at radius 3 is 2.83 bits per heavy atom. The first-order valence-corrected chi connectivity index (χ1v) is 4.11. The lowest BCUT2D eigenvalue weighted by molar-refractivity contribution is 1.13. The van der Waals surface area contributed by atoms with Crippen LogP contribution in [0.3, 0.4) is 0 Å². The van der Waals surface area contributed by atoms with Gasteiger partial charge in [0.15, 0.2) is 0 Å². The Morgan fingerprint density at radius 1 is 1.42 bits per heavy atom. The molecule has 0 aliphatic heterocycles. The van der Waals surface area contributed by atoms with Crippen LogP contribution in [-0.2, 0) is 6.42 Å². The maximum atomic E-state index is 4.25. The lowest BCUT2D eigenvalue weighted by Gasteiger charge is -1.99. The van der Waals surface area contributed by atoms with Crippen LogP contribution in [0.1, 0.15) is 12.5 Å². The van der Waals surface area contributed by atoms with Crippen LogP contribution in [0, 0.1) is 0 Å². The topological polar surface area (TPSA) is 12.4 Å². The standard InChI is InChI=1S/C11H13N/c1-3-9-12-11-8-6-5-7-10(11)4-2/h3,5-9H,1,4H2,2H3/b12-9-. The minimum atomic E-state index is 1.02. The number of aliphatic imine (C=N–C) groups is 1. The third-order valence-electron chi connectivity index (χ3n) is 1.69. The summed E-state index contributed by atoms with van der Waals surface area (Å²) in [5.74, 6) is 0. The summed E-state index contributed by atoms with van der Waals surface area (Å²) in [6.07, 6.45) is 4.42. The van der Waals surface area contributed by atoms with Crippen LogP contribution in [0.15, 0.2) is 41.9 Å². The number of hydrogen-bond donors (Lipinski definition) is 0. The van der Waals surface area contributed by atoms with Crippen molar-refractivity contribution in [2.75, 3.05) is 0 Å². The molecule has 0 radical (unpaired) electrons. The molecule has 62 valence electrons. The smallest absolute Gasteiger partial charge is 0.0661 e. The van der Waals surface area contributed by atoms with Crippen LogP contribution in [0.25, 0.3) is 0 Å². The molecule has 1 aromatic rings. The average molecular weight is 159 g/mol. The number of rotatable bonds is 3. The molecule has 0 atom stereocenters. The molecule has 1 rings (SSSR count). The van der Waals surface area contributed by atoms with Crippen molar-refractivity contribution in [3.05, 3.63) is 42.5 Å². The molecule has 0 N–H and O–H groups in total. The monoisotopic (exact) mass is 159 g/mol. The predicted molar refractivity (Wildman–Crippen MR) is 54.2 cm³/mol. The Balaban J connectivity index is 2.96. The van der Waals surface area contributed by atoms with Crippen LogP contribution in [0.5, 0.6) is 0 Å². The second-order valence-electron chi connectivity index (χ2n) is 2.50. The summed E-state index contributed by atoms with van der Waals surface area (Å²) in [7, 11) is 0. The Kier molecular flexibility index (Phi) is 3.27. The fraction of sp³-hybridized carbons (Fsp3) is 0.182. The van der Waals surface area contributed by atoms with Crippen molar-refractivity contribution in [2.45, 2.75) is 13.3 Å². The predicted octanol–water partition coefficient (Wildman–Crippen LogP) is 3.14. The van der Waals surface area contributed by atoms with Crippen molar-refractivity contribution >= 4 is 11.9 Å². The van der Waals surface area contributed by atoms with E-state index >= 15 is 0 Å². The molecule has 0 saturated heterocycles. The van der Waals surface area contributed by atoms with Crippen LogP contribution in [0.2, 0.25) is 0 Å². The highest BCUT2D eigenvalue weighted by Gasteiger charge is 1.94. The minimum Gasteiger partial charge on any atom is -0.257 e. The minimum absolute atomic E-state index is 1.02. The molecule has 0 aliphatic rings. The second-order valence-corrected chi connectivity index (χ2v) is 2.50. The van der Waals surface area contributed by atoms with Gasteiger partial charge in [0.25, 0.3) is 0 Å². The van der Waals surface area contributed by atoms with Crippen molar-refractivity contribution < 1.29 is 0 Å². The molecule has 0 aliphatic carbocycles. The van der Waals surface area contributed by atoms with E-state index < -0.39 is 0 Å². The molecule has 0 spiro atoms. The Hall–Kier alpha value is -1.37. The molecule has 0 saturated carbocycles. The van der Waals surface area contributed by atoms with Crippen LogP contribution in [0.4, 0.5) is 5.69 Å². The first-order valence-electron chi connectivity index (χ1n) is 4.11. The lowest BCUT2D eigenvalue weighted by atomic mass is 10.1. The highest BCUT2D eigenvalue weighted by atomic mass is 14.7. The highest BCUT2D eigenvalue weighted by molar-refractivity contribution is 5.74. The molecular weight excluding hydrogens is 146 g/mol. The fourth-order valence-electron chi connectivity index (χ4n) is 1.07. The largest absolute Gasteiger partial charge is 0.257 e. The maximum Gasteiger partial charge on any atom is 0.0661 e. The van der Waals surface area contributed by atoms with Crippen LogP contribution in [-0.4, -0.2) is 6.21 Å². The van der Waals surface area contributed by atoms with E-state index in [1.54, 1.807) is 12.3 Å².